The molecule has 19 heavy (non-hydrogen) atoms. The van der Waals surface area contributed by atoms with Gasteiger partial charge in [0.05, 0.1) is 17.7 Å². The van der Waals surface area contributed by atoms with Crippen LogP contribution in [0.5, 0.6) is 0 Å². The first-order valence-corrected chi connectivity index (χ1v) is 7.49. The number of carbonyl (C=O) groups excluding carboxylic acids is 1. The molecule has 0 saturated carbocycles. The Morgan fingerprint density at radius 3 is 2.79 bits per heavy atom. The lowest BCUT2D eigenvalue weighted by Gasteiger charge is -2.26. The van der Waals surface area contributed by atoms with E-state index >= 15 is 0 Å². The molecule has 1 N–H and O–H groups in total. The Kier molecular flexibility index (Phi) is 4.40. The zero-order valence-electron chi connectivity index (χ0n) is 12.3. The number of hydrogen-bond donors (Lipinski definition) is 1. The highest BCUT2D eigenvalue weighted by molar-refractivity contribution is 5.90. The summed E-state index contributed by atoms with van der Waals surface area (Å²) in [5.74, 6) is 0.324. The molecule has 1 saturated heterocycles. The largest absolute Gasteiger partial charge is 0.305 e. The van der Waals surface area contributed by atoms with Gasteiger partial charge in [-0.25, -0.2) is 0 Å². The molecule has 0 spiro atoms. The van der Waals surface area contributed by atoms with Crippen molar-refractivity contribution in [1.82, 2.24) is 15.1 Å². The van der Waals surface area contributed by atoms with Gasteiger partial charge in [0.1, 0.15) is 0 Å². The molecule has 1 aliphatic rings. The van der Waals surface area contributed by atoms with Gasteiger partial charge in [0, 0.05) is 12.2 Å². The van der Waals surface area contributed by atoms with Crippen LogP contribution in [0.25, 0.3) is 0 Å². The van der Waals surface area contributed by atoms with Crippen LogP contribution in [-0.4, -0.2) is 27.6 Å². The molecule has 0 bridgehead atoms. The van der Waals surface area contributed by atoms with Crippen molar-refractivity contribution in [3.05, 3.63) is 17.5 Å². The van der Waals surface area contributed by atoms with E-state index < -0.39 is 0 Å². The number of nitrogens with one attached hydrogen (secondary N) is 1. The van der Waals surface area contributed by atoms with Crippen LogP contribution in [0.3, 0.4) is 0 Å². The number of aromatic nitrogens is 2. The van der Waals surface area contributed by atoms with E-state index in [4.69, 9.17) is 0 Å². The highest BCUT2D eigenvalue weighted by Gasteiger charge is 2.38. The number of carbonyl (C=O) groups is 1. The van der Waals surface area contributed by atoms with E-state index in [9.17, 15) is 4.79 Å². The second-order valence-electron chi connectivity index (χ2n) is 5.36. The first kappa shape index (κ1) is 14.3. The molecule has 0 aliphatic carbocycles. The summed E-state index contributed by atoms with van der Waals surface area (Å²) in [6, 6.07) is 2.08. The Labute approximate surface area is 115 Å². The Morgan fingerprint density at radius 2 is 2.26 bits per heavy atom. The Bertz CT molecular complexity index is 444. The molecule has 1 fully saturated rings. The van der Waals surface area contributed by atoms with Gasteiger partial charge in [-0.1, -0.05) is 13.8 Å². The van der Waals surface area contributed by atoms with Gasteiger partial charge < -0.3 is 5.32 Å². The predicted molar refractivity (Wildman–Crippen MR) is 76.2 cm³/mol. The fourth-order valence-electron chi connectivity index (χ4n) is 2.98. The lowest BCUT2D eigenvalue weighted by Crippen LogP contribution is -2.48. The summed E-state index contributed by atoms with van der Waals surface area (Å²) >= 11 is 0. The van der Waals surface area contributed by atoms with Crippen molar-refractivity contribution in [2.75, 3.05) is 6.54 Å². The van der Waals surface area contributed by atoms with E-state index in [0.717, 1.165) is 50.2 Å². The normalized spacial score (nSPS) is 22.9. The summed E-state index contributed by atoms with van der Waals surface area (Å²) in [4.78, 5) is 12.6. The molecule has 0 amide bonds. The zero-order valence-corrected chi connectivity index (χ0v) is 12.3. The summed E-state index contributed by atoms with van der Waals surface area (Å²) in [7, 11) is 0. The number of nitrogens with zero attached hydrogens (tertiary/aromatic N) is 2. The molecule has 4 heteroatoms. The van der Waals surface area contributed by atoms with Crippen molar-refractivity contribution in [1.29, 1.82) is 0 Å². The van der Waals surface area contributed by atoms with Crippen molar-refractivity contribution >= 4 is 5.78 Å². The van der Waals surface area contributed by atoms with E-state index in [2.05, 4.69) is 37.3 Å². The average Bonchev–Trinajstić information content (AvgIpc) is 3.05. The van der Waals surface area contributed by atoms with Crippen molar-refractivity contribution in [3.63, 3.8) is 0 Å². The van der Waals surface area contributed by atoms with E-state index in [-0.39, 0.29) is 5.54 Å². The molecule has 4 nitrogen and oxygen atoms in total. The molecule has 1 aromatic rings. The first-order valence-electron chi connectivity index (χ1n) is 7.49. The molecular formula is C15H25N3O. The van der Waals surface area contributed by atoms with E-state index in [0.29, 0.717) is 12.2 Å². The Balaban J connectivity index is 2.16. The molecule has 2 rings (SSSR count). The summed E-state index contributed by atoms with van der Waals surface area (Å²) in [5.41, 5.74) is 1.86. The third-order valence-electron chi connectivity index (χ3n) is 4.30. The Morgan fingerprint density at radius 1 is 1.47 bits per heavy atom. The molecule has 1 atom stereocenters. The van der Waals surface area contributed by atoms with Crippen molar-refractivity contribution in [2.24, 2.45) is 0 Å². The highest BCUT2D eigenvalue weighted by Crippen LogP contribution is 2.25. The van der Waals surface area contributed by atoms with Gasteiger partial charge in [-0.15, -0.1) is 0 Å². The SMILES string of the molecule is CCc1cc(CC(=O)C2(CC)CCCN2)n(CC)n1. The van der Waals surface area contributed by atoms with Gasteiger partial charge >= 0.3 is 0 Å². The predicted octanol–water partition coefficient (Wildman–Crippen LogP) is 2.11. The van der Waals surface area contributed by atoms with Crippen LogP contribution in [0.15, 0.2) is 6.07 Å². The standard InChI is InChI=1S/C15H25N3O/c1-4-12-10-13(18(6-3)17-12)11-14(19)15(5-2)8-7-9-16-15/h10,16H,4-9,11H2,1-3H3. The zero-order chi connectivity index (χ0) is 13.9. The van der Waals surface area contributed by atoms with Crippen molar-refractivity contribution < 1.29 is 4.79 Å². The fraction of sp³-hybridized carbons (Fsp3) is 0.733. The maximum absolute atomic E-state index is 12.6. The second-order valence-corrected chi connectivity index (χ2v) is 5.36. The van der Waals surface area contributed by atoms with Crippen LogP contribution < -0.4 is 5.32 Å². The lowest BCUT2D eigenvalue weighted by atomic mass is 9.87. The van der Waals surface area contributed by atoms with E-state index in [1.54, 1.807) is 0 Å². The topological polar surface area (TPSA) is 46.9 Å². The Hall–Kier alpha value is -1.16. The smallest absolute Gasteiger partial charge is 0.158 e. The third-order valence-corrected chi connectivity index (χ3v) is 4.30. The van der Waals surface area contributed by atoms with Crippen molar-refractivity contribution in [2.45, 2.75) is 65.0 Å². The molecule has 0 radical (unpaired) electrons. The lowest BCUT2D eigenvalue weighted by molar-refractivity contribution is -0.124. The maximum atomic E-state index is 12.6. The number of aryl methyl sites for hydroxylation is 2. The van der Waals surface area contributed by atoms with Gasteiger partial charge in [0.15, 0.2) is 5.78 Å². The fourth-order valence-corrected chi connectivity index (χ4v) is 2.98. The number of Topliss-reactive ketones (excluding diaryl/α,β-unsaturated/α-hetero) is 1. The molecule has 2 heterocycles. The van der Waals surface area contributed by atoms with Gasteiger partial charge in [-0.3, -0.25) is 9.48 Å². The van der Waals surface area contributed by atoms with Crippen LogP contribution in [0.1, 0.15) is 51.4 Å². The molecular weight excluding hydrogens is 238 g/mol. The monoisotopic (exact) mass is 263 g/mol. The minimum absolute atomic E-state index is 0.283. The third kappa shape index (κ3) is 2.73. The molecule has 1 aromatic heterocycles. The minimum atomic E-state index is -0.283. The van der Waals surface area contributed by atoms with E-state index in [1.165, 1.54) is 0 Å². The van der Waals surface area contributed by atoms with Gasteiger partial charge in [0.2, 0.25) is 0 Å². The number of hydrogen-bond acceptors (Lipinski definition) is 3. The van der Waals surface area contributed by atoms with Crippen molar-refractivity contribution in [3.8, 4) is 0 Å². The van der Waals surface area contributed by atoms with Crippen LogP contribution in [-0.2, 0) is 24.2 Å². The molecule has 1 aliphatic heterocycles. The molecule has 0 aromatic carbocycles. The summed E-state index contributed by atoms with van der Waals surface area (Å²) in [6.45, 7) is 8.07. The first-order chi connectivity index (χ1) is 9.15. The average molecular weight is 263 g/mol. The number of ketones is 1. The minimum Gasteiger partial charge on any atom is -0.305 e. The van der Waals surface area contributed by atoms with Crippen LogP contribution >= 0.6 is 0 Å². The van der Waals surface area contributed by atoms with Crippen LogP contribution in [0, 0.1) is 0 Å². The number of rotatable bonds is 6. The summed E-state index contributed by atoms with van der Waals surface area (Å²) in [6.07, 6.45) is 4.38. The van der Waals surface area contributed by atoms with E-state index in [1.807, 2.05) is 4.68 Å². The summed E-state index contributed by atoms with van der Waals surface area (Å²) < 4.78 is 1.97. The van der Waals surface area contributed by atoms with Crippen LogP contribution in [0.4, 0.5) is 0 Å². The second kappa shape index (κ2) is 5.87. The van der Waals surface area contributed by atoms with Gasteiger partial charge in [-0.2, -0.15) is 5.10 Å². The maximum Gasteiger partial charge on any atom is 0.158 e. The molecule has 106 valence electrons. The molecule has 1 unspecified atom stereocenters. The van der Waals surface area contributed by atoms with Crippen LogP contribution in [0.2, 0.25) is 0 Å². The van der Waals surface area contributed by atoms with Gasteiger partial charge in [-0.05, 0) is 45.2 Å². The quantitative estimate of drug-likeness (QED) is 0.855. The summed E-state index contributed by atoms with van der Waals surface area (Å²) in [5, 5.41) is 7.94. The van der Waals surface area contributed by atoms with Gasteiger partial charge in [0.25, 0.3) is 0 Å². The highest BCUT2D eigenvalue weighted by atomic mass is 16.1.